The van der Waals surface area contributed by atoms with Crippen LogP contribution in [0, 0.1) is 0 Å². The average Bonchev–Trinajstić information content (AvgIpc) is 1.88. The van der Waals surface area contributed by atoms with Crippen LogP contribution in [-0.4, -0.2) is 0 Å². The lowest BCUT2D eigenvalue weighted by Gasteiger charge is -2.01. The molecule has 0 radical (unpaired) electrons. The van der Waals surface area contributed by atoms with E-state index in [1.54, 1.807) is 18.2 Å². The van der Waals surface area contributed by atoms with Crippen LogP contribution in [0.3, 0.4) is 0 Å². The van der Waals surface area contributed by atoms with Crippen molar-refractivity contribution in [3.63, 3.8) is 0 Å². The van der Waals surface area contributed by atoms with Gasteiger partial charge in [0.1, 0.15) is 0 Å². The Morgan fingerprint density at radius 1 is 1.20 bits per heavy atom. The maximum atomic E-state index is 5.64. The first-order valence-corrected chi connectivity index (χ1v) is 3.32. The van der Waals surface area contributed by atoms with Crippen molar-refractivity contribution in [2.24, 2.45) is 5.90 Å². The van der Waals surface area contributed by atoms with Crippen molar-refractivity contribution in [2.45, 2.75) is 0 Å². The second kappa shape index (κ2) is 3.10. The zero-order chi connectivity index (χ0) is 7.56. The first kappa shape index (κ1) is 7.66. The molecule has 4 heteroatoms. The lowest BCUT2D eigenvalue weighted by Crippen LogP contribution is -2.02. The molecule has 0 fully saturated rings. The Labute approximate surface area is 68.4 Å². The van der Waals surface area contributed by atoms with E-state index in [-0.39, 0.29) is 0 Å². The largest absolute Gasteiger partial charge is 0.408 e. The fourth-order valence-electron chi connectivity index (χ4n) is 0.595. The predicted octanol–water partition coefficient (Wildman–Crippen LogP) is 2.25. The van der Waals surface area contributed by atoms with Crippen LogP contribution in [0.4, 0.5) is 0 Å². The molecule has 0 aliphatic carbocycles. The topological polar surface area (TPSA) is 35.2 Å². The van der Waals surface area contributed by atoms with Crippen LogP contribution in [-0.2, 0) is 0 Å². The van der Waals surface area contributed by atoms with Crippen LogP contribution >= 0.6 is 23.2 Å². The molecule has 0 bridgehead atoms. The summed E-state index contributed by atoms with van der Waals surface area (Å²) in [7, 11) is 0. The number of nitrogens with two attached hydrogens (primary N) is 1. The highest BCUT2D eigenvalue weighted by Crippen LogP contribution is 2.30. The predicted molar refractivity (Wildman–Crippen MR) is 41.3 cm³/mol. The van der Waals surface area contributed by atoms with Gasteiger partial charge >= 0.3 is 0 Å². The molecule has 1 rings (SSSR count). The molecule has 0 unspecified atom stereocenters. The summed E-state index contributed by atoms with van der Waals surface area (Å²) in [5.41, 5.74) is 0. The monoisotopic (exact) mass is 177 g/mol. The minimum absolute atomic E-state index is 0.311. The Morgan fingerprint density at radius 2 is 1.70 bits per heavy atom. The molecule has 0 saturated carbocycles. The van der Waals surface area contributed by atoms with Crippen LogP contribution in [0.5, 0.6) is 5.75 Å². The van der Waals surface area contributed by atoms with Gasteiger partial charge in [-0.2, -0.15) is 5.90 Å². The molecule has 0 atom stereocenters. The van der Waals surface area contributed by atoms with Crippen LogP contribution in [0.15, 0.2) is 18.2 Å². The van der Waals surface area contributed by atoms with Gasteiger partial charge in [-0.3, -0.25) is 0 Å². The zero-order valence-corrected chi connectivity index (χ0v) is 6.49. The quantitative estimate of drug-likeness (QED) is 0.669. The summed E-state index contributed by atoms with van der Waals surface area (Å²) in [6.45, 7) is 0. The Hall–Kier alpha value is -0.440. The number of benzene rings is 1. The second-order valence-electron chi connectivity index (χ2n) is 1.67. The SMILES string of the molecule is NOc1c(Cl)cccc1Cl. The van der Waals surface area contributed by atoms with Crippen molar-refractivity contribution in [1.82, 2.24) is 0 Å². The summed E-state index contributed by atoms with van der Waals surface area (Å²) >= 11 is 11.3. The van der Waals surface area contributed by atoms with Gasteiger partial charge in [0.25, 0.3) is 0 Å². The lowest BCUT2D eigenvalue weighted by atomic mass is 10.3. The molecular weight excluding hydrogens is 173 g/mol. The van der Waals surface area contributed by atoms with Crippen molar-refractivity contribution in [2.75, 3.05) is 0 Å². The third kappa shape index (κ3) is 1.34. The molecule has 0 saturated heterocycles. The number of hydrogen-bond donors (Lipinski definition) is 1. The molecule has 0 heterocycles. The molecule has 0 aliphatic rings. The van der Waals surface area contributed by atoms with Crippen molar-refractivity contribution in [3.05, 3.63) is 28.2 Å². The molecule has 1 aromatic rings. The second-order valence-corrected chi connectivity index (χ2v) is 2.48. The Bertz CT molecular complexity index is 219. The fraction of sp³-hybridized carbons (Fsp3) is 0. The highest BCUT2D eigenvalue weighted by Gasteiger charge is 2.03. The Balaban J connectivity index is 3.17. The summed E-state index contributed by atoms with van der Waals surface area (Å²) in [6, 6.07) is 5.01. The molecule has 54 valence electrons. The average molecular weight is 178 g/mol. The van der Waals surface area contributed by atoms with Crippen LogP contribution < -0.4 is 10.7 Å². The molecule has 2 nitrogen and oxygen atoms in total. The van der Waals surface area contributed by atoms with Crippen molar-refractivity contribution >= 4 is 23.2 Å². The highest BCUT2D eigenvalue weighted by molar-refractivity contribution is 6.37. The molecule has 0 spiro atoms. The molecular formula is C6H5Cl2NO. The van der Waals surface area contributed by atoms with E-state index in [9.17, 15) is 0 Å². The Kier molecular flexibility index (Phi) is 2.38. The van der Waals surface area contributed by atoms with Crippen molar-refractivity contribution in [1.29, 1.82) is 0 Å². The van der Waals surface area contributed by atoms with E-state index in [1.165, 1.54) is 0 Å². The standard InChI is InChI=1S/C6H5Cl2NO/c7-4-2-1-3-5(8)6(4)10-9/h1-3H,9H2. The molecule has 1 aromatic carbocycles. The minimum Gasteiger partial charge on any atom is -0.408 e. The van der Waals surface area contributed by atoms with Crippen molar-refractivity contribution < 1.29 is 4.84 Å². The van der Waals surface area contributed by atoms with Gasteiger partial charge < -0.3 is 4.84 Å². The van der Waals surface area contributed by atoms with Gasteiger partial charge in [-0.1, -0.05) is 29.3 Å². The van der Waals surface area contributed by atoms with E-state index in [4.69, 9.17) is 29.1 Å². The number of halogens is 2. The number of rotatable bonds is 1. The van der Waals surface area contributed by atoms with Crippen LogP contribution in [0.2, 0.25) is 10.0 Å². The maximum Gasteiger partial charge on any atom is 0.183 e. The Morgan fingerprint density at radius 3 is 2.00 bits per heavy atom. The summed E-state index contributed by atoms with van der Waals surface area (Å²) in [5, 5.41) is 0.824. The fourth-order valence-corrected chi connectivity index (χ4v) is 1.08. The van der Waals surface area contributed by atoms with Gasteiger partial charge in [0.15, 0.2) is 5.75 Å². The van der Waals surface area contributed by atoms with Gasteiger partial charge in [0, 0.05) is 0 Å². The van der Waals surface area contributed by atoms with Gasteiger partial charge in [0.2, 0.25) is 0 Å². The summed E-state index contributed by atoms with van der Waals surface area (Å²) in [6.07, 6.45) is 0. The van der Waals surface area contributed by atoms with Crippen molar-refractivity contribution in [3.8, 4) is 5.75 Å². The highest BCUT2D eigenvalue weighted by atomic mass is 35.5. The van der Waals surface area contributed by atoms with Gasteiger partial charge in [-0.15, -0.1) is 0 Å². The maximum absolute atomic E-state index is 5.64. The van der Waals surface area contributed by atoms with Crippen LogP contribution in [0.1, 0.15) is 0 Å². The zero-order valence-electron chi connectivity index (χ0n) is 4.97. The van der Waals surface area contributed by atoms with Crippen LogP contribution in [0.25, 0.3) is 0 Å². The lowest BCUT2D eigenvalue weighted by molar-refractivity contribution is 0.335. The van der Waals surface area contributed by atoms with E-state index >= 15 is 0 Å². The molecule has 0 aromatic heterocycles. The number of hydrogen-bond acceptors (Lipinski definition) is 2. The first-order valence-electron chi connectivity index (χ1n) is 2.56. The molecule has 0 amide bonds. The van der Waals surface area contributed by atoms with E-state index in [1.807, 2.05) is 0 Å². The van der Waals surface area contributed by atoms with Gasteiger partial charge in [0.05, 0.1) is 10.0 Å². The summed E-state index contributed by atoms with van der Waals surface area (Å²) in [4.78, 5) is 4.41. The smallest absolute Gasteiger partial charge is 0.183 e. The van der Waals surface area contributed by atoms with E-state index in [0.29, 0.717) is 15.8 Å². The van der Waals surface area contributed by atoms with E-state index < -0.39 is 0 Å². The summed E-state index contributed by atoms with van der Waals surface area (Å²) < 4.78 is 0. The molecule has 2 N–H and O–H groups in total. The third-order valence-corrected chi connectivity index (χ3v) is 1.63. The normalized spacial score (nSPS) is 9.50. The first-order chi connectivity index (χ1) is 4.75. The van der Waals surface area contributed by atoms with E-state index in [0.717, 1.165) is 0 Å². The molecule has 0 aliphatic heterocycles. The minimum atomic E-state index is 0.311. The van der Waals surface area contributed by atoms with Gasteiger partial charge in [-0.25, -0.2) is 0 Å². The number of para-hydroxylation sites is 1. The third-order valence-electron chi connectivity index (χ3n) is 1.04. The van der Waals surface area contributed by atoms with E-state index in [2.05, 4.69) is 4.84 Å². The molecule has 10 heavy (non-hydrogen) atoms. The summed E-state index contributed by atoms with van der Waals surface area (Å²) in [5.74, 6) is 5.19. The van der Waals surface area contributed by atoms with Gasteiger partial charge in [-0.05, 0) is 12.1 Å².